The zero-order valence-electron chi connectivity index (χ0n) is 11.9. The van der Waals surface area contributed by atoms with Gasteiger partial charge in [-0.1, -0.05) is 17.3 Å². The first-order chi connectivity index (χ1) is 11.2. The molecule has 1 aromatic carbocycles. The van der Waals surface area contributed by atoms with E-state index in [9.17, 15) is 14.3 Å². The van der Waals surface area contributed by atoms with Gasteiger partial charge >= 0.3 is 0 Å². The Labute approximate surface area is 130 Å². The summed E-state index contributed by atoms with van der Waals surface area (Å²) in [6, 6.07) is 9.94. The van der Waals surface area contributed by atoms with Gasteiger partial charge in [0.1, 0.15) is 17.6 Å². The minimum Gasteiger partial charge on any atom is -0.467 e. The van der Waals surface area contributed by atoms with Gasteiger partial charge in [0.05, 0.1) is 18.4 Å². The summed E-state index contributed by atoms with van der Waals surface area (Å²) in [5.41, 5.74) is 0.192. The van der Waals surface area contributed by atoms with Crippen molar-refractivity contribution in [3.8, 4) is 11.3 Å². The molecular formula is C16H13FN2O4. The van der Waals surface area contributed by atoms with E-state index in [1.165, 1.54) is 24.5 Å². The molecule has 0 saturated carbocycles. The lowest BCUT2D eigenvalue weighted by atomic mass is 10.1. The lowest BCUT2D eigenvalue weighted by Crippen LogP contribution is -2.30. The number of aromatic nitrogens is 1. The van der Waals surface area contributed by atoms with Crippen molar-refractivity contribution in [2.24, 2.45) is 0 Å². The molecule has 0 bridgehead atoms. The summed E-state index contributed by atoms with van der Waals surface area (Å²) in [5, 5.41) is 15.5. The molecule has 1 unspecified atom stereocenters. The molecule has 2 aromatic heterocycles. The van der Waals surface area contributed by atoms with E-state index >= 15 is 0 Å². The van der Waals surface area contributed by atoms with Gasteiger partial charge in [0.25, 0.3) is 5.91 Å². The summed E-state index contributed by atoms with van der Waals surface area (Å²) in [5.74, 6) is -0.475. The van der Waals surface area contributed by atoms with Gasteiger partial charge in [0.15, 0.2) is 11.5 Å². The molecule has 0 aliphatic rings. The summed E-state index contributed by atoms with van der Waals surface area (Å²) in [4.78, 5) is 12.2. The number of aliphatic hydroxyl groups is 1. The van der Waals surface area contributed by atoms with Gasteiger partial charge in [-0.25, -0.2) is 4.39 Å². The molecule has 2 heterocycles. The van der Waals surface area contributed by atoms with Gasteiger partial charge in [0.2, 0.25) is 0 Å². The van der Waals surface area contributed by atoms with E-state index < -0.39 is 17.8 Å². The SMILES string of the molecule is O=C(NC(CO)c1ccco1)c1cc(-c2ccccc2F)on1. The quantitative estimate of drug-likeness (QED) is 0.755. The number of carbonyl (C=O) groups is 1. The van der Waals surface area contributed by atoms with Crippen molar-refractivity contribution >= 4 is 5.91 Å². The maximum Gasteiger partial charge on any atom is 0.274 e. The Morgan fingerprint density at radius 2 is 2.13 bits per heavy atom. The van der Waals surface area contributed by atoms with Gasteiger partial charge < -0.3 is 19.4 Å². The average Bonchev–Trinajstić information content (AvgIpc) is 3.24. The van der Waals surface area contributed by atoms with Crippen LogP contribution in [0.25, 0.3) is 11.3 Å². The van der Waals surface area contributed by atoms with Crippen LogP contribution in [0.15, 0.2) is 57.7 Å². The number of aliphatic hydroxyl groups excluding tert-OH is 1. The van der Waals surface area contributed by atoms with Gasteiger partial charge in [-0.15, -0.1) is 0 Å². The lowest BCUT2D eigenvalue weighted by molar-refractivity contribution is 0.0898. The predicted octanol–water partition coefficient (Wildman–Crippen LogP) is 2.54. The minimum atomic E-state index is -0.703. The van der Waals surface area contributed by atoms with Crippen LogP contribution in [-0.2, 0) is 0 Å². The van der Waals surface area contributed by atoms with Crippen LogP contribution < -0.4 is 5.32 Å². The highest BCUT2D eigenvalue weighted by Gasteiger charge is 2.21. The lowest BCUT2D eigenvalue weighted by Gasteiger charge is -2.12. The highest BCUT2D eigenvalue weighted by atomic mass is 19.1. The fraction of sp³-hybridized carbons (Fsp3) is 0.125. The van der Waals surface area contributed by atoms with Gasteiger partial charge in [-0.2, -0.15) is 0 Å². The second-order valence-corrected chi connectivity index (χ2v) is 4.78. The van der Waals surface area contributed by atoms with E-state index in [4.69, 9.17) is 8.94 Å². The van der Waals surface area contributed by atoms with Crippen LogP contribution in [0.1, 0.15) is 22.3 Å². The highest BCUT2D eigenvalue weighted by molar-refractivity contribution is 5.93. The molecule has 3 rings (SSSR count). The first-order valence-electron chi connectivity index (χ1n) is 6.86. The fourth-order valence-corrected chi connectivity index (χ4v) is 2.10. The van der Waals surface area contributed by atoms with Crippen LogP contribution in [0.4, 0.5) is 4.39 Å². The van der Waals surface area contributed by atoms with Gasteiger partial charge in [-0.3, -0.25) is 4.79 Å². The number of nitrogens with one attached hydrogen (secondary N) is 1. The second kappa shape index (κ2) is 6.45. The van der Waals surface area contributed by atoms with Crippen molar-refractivity contribution in [1.82, 2.24) is 10.5 Å². The van der Waals surface area contributed by atoms with Crippen LogP contribution in [0.3, 0.4) is 0 Å². The molecule has 6 nitrogen and oxygen atoms in total. The molecule has 0 fully saturated rings. The topological polar surface area (TPSA) is 88.5 Å². The average molecular weight is 316 g/mol. The van der Waals surface area contributed by atoms with E-state index in [0.717, 1.165) is 0 Å². The zero-order valence-corrected chi connectivity index (χ0v) is 11.9. The molecule has 2 N–H and O–H groups in total. The number of hydrogen-bond acceptors (Lipinski definition) is 5. The third kappa shape index (κ3) is 3.14. The summed E-state index contributed by atoms with van der Waals surface area (Å²) in [7, 11) is 0. The van der Waals surface area contributed by atoms with Crippen molar-refractivity contribution in [2.45, 2.75) is 6.04 Å². The number of carbonyl (C=O) groups excluding carboxylic acids is 1. The molecule has 0 radical (unpaired) electrons. The number of nitrogens with zero attached hydrogens (tertiary/aromatic N) is 1. The van der Waals surface area contributed by atoms with Crippen molar-refractivity contribution in [2.75, 3.05) is 6.61 Å². The second-order valence-electron chi connectivity index (χ2n) is 4.78. The van der Waals surface area contributed by atoms with E-state index in [1.807, 2.05) is 0 Å². The molecule has 0 aliphatic heterocycles. The summed E-state index contributed by atoms with van der Waals surface area (Å²) in [6.07, 6.45) is 1.44. The van der Waals surface area contributed by atoms with E-state index in [1.54, 1.807) is 24.3 Å². The fourth-order valence-electron chi connectivity index (χ4n) is 2.10. The maximum atomic E-state index is 13.7. The Bertz CT molecular complexity index is 798. The normalized spacial score (nSPS) is 12.1. The van der Waals surface area contributed by atoms with Crippen molar-refractivity contribution in [3.05, 3.63) is 66.0 Å². The number of furan rings is 1. The van der Waals surface area contributed by atoms with Crippen molar-refractivity contribution in [3.63, 3.8) is 0 Å². The molecule has 23 heavy (non-hydrogen) atoms. The standard InChI is InChI=1S/C16H13FN2O4/c17-11-5-2-1-4-10(11)15-8-12(19-23-15)16(21)18-13(9-20)14-6-3-7-22-14/h1-8,13,20H,9H2,(H,18,21). The number of rotatable bonds is 5. The molecular weight excluding hydrogens is 303 g/mol. The molecule has 3 aromatic rings. The molecule has 118 valence electrons. The first-order valence-corrected chi connectivity index (χ1v) is 6.86. The Morgan fingerprint density at radius 1 is 1.30 bits per heavy atom. The number of benzene rings is 1. The summed E-state index contributed by atoms with van der Waals surface area (Å²) in [6.45, 7) is -0.336. The minimum absolute atomic E-state index is 0.0201. The van der Waals surface area contributed by atoms with Crippen LogP contribution >= 0.6 is 0 Å². The third-order valence-corrected chi connectivity index (χ3v) is 3.26. The molecule has 7 heteroatoms. The Kier molecular flexibility index (Phi) is 4.20. The Balaban J connectivity index is 1.78. The molecule has 0 saturated heterocycles. The van der Waals surface area contributed by atoms with E-state index in [0.29, 0.717) is 5.76 Å². The number of amides is 1. The third-order valence-electron chi connectivity index (χ3n) is 3.26. The summed E-state index contributed by atoms with van der Waals surface area (Å²) < 4.78 is 23.9. The number of halogens is 1. The maximum absolute atomic E-state index is 13.7. The Hall–Kier alpha value is -2.93. The zero-order chi connectivity index (χ0) is 16.2. The molecule has 0 aliphatic carbocycles. The van der Waals surface area contributed by atoms with Crippen LogP contribution in [0.2, 0.25) is 0 Å². The smallest absolute Gasteiger partial charge is 0.274 e. The van der Waals surface area contributed by atoms with Crippen LogP contribution in [0, 0.1) is 5.82 Å². The van der Waals surface area contributed by atoms with E-state index in [2.05, 4.69) is 10.5 Å². The van der Waals surface area contributed by atoms with Crippen LogP contribution in [-0.4, -0.2) is 22.8 Å². The molecule has 1 atom stereocenters. The molecule has 0 spiro atoms. The van der Waals surface area contributed by atoms with Crippen molar-refractivity contribution in [1.29, 1.82) is 0 Å². The number of hydrogen-bond donors (Lipinski definition) is 2. The summed E-state index contributed by atoms with van der Waals surface area (Å²) >= 11 is 0. The largest absolute Gasteiger partial charge is 0.467 e. The Morgan fingerprint density at radius 3 is 2.83 bits per heavy atom. The van der Waals surface area contributed by atoms with E-state index in [-0.39, 0.29) is 23.6 Å². The van der Waals surface area contributed by atoms with Gasteiger partial charge in [-0.05, 0) is 24.3 Å². The monoisotopic (exact) mass is 316 g/mol. The predicted molar refractivity (Wildman–Crippen MR) is 77.9 cm³/mol. The van der Waals surface area contributed by atoms with Gasteiger partial charge in [0, 0.05) is 6.07 Å². The van der Waals surface area contributed by atoms with Crippen LogP contribution in [0.5, 0.6) is 0 Å². The van der Waals surface area contributed by atoms with Crippen molar-refractivity contribution < 1.29 is 23.2 Å². The highest BCUT2D eigenvalue weighted by Crippen LogP contribution is 2.23. The molecule has 1 amide bonds. The first kappa shape index (κ1) is 15.0.